The van der Waals surface area contributed by atoms with Crippen molar-refractivity contribution in [2.24, 2.45) is 5.73 Å². The van der Waals surface area contributed by atoms with Crippen LogP contribution < -0.4 is 5.73 Å². The predicted molar refractivity (Wildman–Crippen MR) is 106 cm³/mol. The van der Waals surface area contributed by atoms with Gasteiger partial charge in [-0.25, -0.2) is 4.79 Å². The van der Waals surface area contributed by atoms with E-state index in [1.807, 2.05) is 12.3 Å². The number of hydrogen-bond donors (Lipinski definition) is 1. The Kier molecular flexibility index (Phi) is 4.88. The van der Waals surface area contributed by atoms with Gasteiger partial charge < -0.3 is 10.5 Å². The number of nitrogens with two attached hydrogens (primary N) is 1. The summed E-state index contributed by atoms with van der Waals surface area (Å²) in [4.78, 5) is 18.6. The van der Waals surface area contributed by atoms with Gasteiger partial charge in [0.15, 0.2) is 0 Å². The van der Waals surface area contributed by atoms with E-state index in [0.717, 1.165) is 48.1 Å². The maximum Gasteiger partial charge on any atom is 0.337 e. The van der Waals surface area contributed by atoms with Gasteiger partial charge in [-0.1, -0.05) is 24.3 Å². The van der Waals surface area contributed by atoms with E-state index in [9.17, 15) is 4.79 Å². The van der Waals surface area contributed by atoms with Crippen molar-refractivity contribution in [2.45, 2.75) is 19.0 Å². The van der Waals surface area contributed by atoms with Crippen LogP contribution >= 0.6 is 0 Å². The fourth-order valence-electron chi connectivity index (χ4n) is 3.64. The standard InChI is InChI=1S/C22H23N3O2/c1-27-22(26)18-6-5-17-10-19(12-24-21(17)11-18)16-4-2-3-15(9-16)13-25-8-7-20(23)14-25/h2-6,9-12,20H,7-8,13-14,23H2,1H3. The van der Waals surface area contributed by atoms with Crippen molar-refractivity contribution in [3.05, 3.63) is 65.9 Å². The summed E-state index contributed by atoms with van der Waals surface area (Å²) in [6.45, 7) is 2.95. The molecule has 1 fully saturated rings. The first-order valence-electron chi connectivity index (χ1n) is 9.18. The molecule has 2 N–H and O–H groups in total. The number of ether oxygens (including phenoxy) is 1. The van der Waals surface area contributed by atoms with Gasteiger partial charge in [0, 0.05) is 42.8 Å². The minimum Gasteiger partial charge on any atom is -0.465 e. The number of hydrogen-bond acceptors (Lipinski definition) is 5. The van der Waals surface area contributed by atoms with Gasteiger partial charge in [-0.2, -0.15) is 0 Å². The van der Waals surface area contributed by atoms with Crippen LogP contribution in [0.4, 0.5) is 0 Å². The van der Waals surface area contributed by atoms with E-state index in [1.54, 1.807) is 12.1 Å². The minimum atomic E-state index is -0.350. The second-order valence-electron chi connectivity index (χ2n) is 7.11. The quantitative estimate of drug-likeness (QED) is 0.723. The molecule has 27 heavy (non-hydrogen) atoms. The maximum atomic E-state index is 11.7. The summed E-state index contributed by atoms with van der Waals surface area (Å²) in [5, 5.41) is 0.996. The Morgan fingerprint density at radius 3 is 2.89 bits per heavy atom. The van der Waals surface area contributed by atoms with Gasteiger partial charge in [0.05, 0.1) is 18.2 Å². The molecular weight excluding hydrogens is 338 g/mol. The molecule has 138 valence electrons. The lowest BCUT2D eigenvalue weighted by Crippen LogP contribution is -2.26. The molecule has 0 bridgehead atoms. The van der Waals surface area contributed by atoms with E-state index in [4.69, 9.17) is 10.5 Å². The van der Waals surface area contributed by atoms with Crippen molar-refractivity contribution in [1.82, 2.24) is 9.88 Å². The molecule has 5 nitrogen and oxygen atoms in total. The zero-order chi connectivity index (χ0) is 18.8. The number of benzene rings is 2. The molecule has 1 saturated heterocycles. The number of esters is 1. The largest absolute Gasteiger partial charge is 0.465 e. The summed E-state index contributed by atoms with van der Waals surface area (Å²) in [6.07, 6.45) is 2.93. The van der Waals surface area contributed by atoms with Crippen LogP contribution in [0.25, 0.3) is 22.0 Å². The Bertz CT molecular complexity index is 986. The number of carbonyl (C=O) groups excluding carboxylic acids is 1. The number of carbonyl (C=O) groups is 1. The molecule has 1 atom stereocenters. The number of likely N-dealkylation sites (tertiary alicyclic amines) is 1. The van der Waals surface area contributed by atoms with Crippen LogP contribution in [0.3, 0.4) is 0 Å². The third-order valence-corrected chi connectivity index (χ3v) is 5.08. The number of rotatable bonds is 4. The van der Waals surface area contributed by atoms with Gasteiger partial charge in [0.2, 0.25) is 0 Å². The highest BCUT2D eigenvalue weighted by Gasteiger charge is 2.18. The summed E-state index contributed by atoms with van der Waals surface area (Å²) in [7, 11) is 1.38. The lowest BCUT2D eigenvalue weighted by atomic mass is 10.0. The Labute approximate surface area is 158 Å². The predicted octanol–water partition coefficient (Wildman–Crippen LogP) is 3.22. The molecule has 5 heteroatoms. The lowest BCUT2D eigenvalue weighted by molar-refractivity contribution is 0.0601. The first-order chi connectivity index (χ1) is 13.1. The topological polar surface area (TPSA) is 68.5 Å². The second kappa shape index (κ2) is 7.47. The van der Waals surface area contributed by atoms with Crippen LogP contribution in [0.1, 0.15) is 22.3 Å². The highest BCUT2D eigenvalue weighted by molar-refractivity contribution is 5.95. The Balaban J connectivity index is 1.60. The summed E-state index contributed by atoms with van der Waals surface area (Å²) in [5.74, 6) is -0.350. The van der Waals surface area contributed by atoms with Gasteiger partial charge in [0.25, 0.3) is 0 Å². The first-order valence-corrected chi connectivity index (χ1v) is 9.18. The van der Waals surface area contributed by atoms with Crippen molar-refractivity contribution < 1.29 is 9.53 Å². The minimum absolute atomic E-state index is 0.299. The molecule has 2 heterocycles. The van der Waals surface area contributed by atoms with E-state index in [-0.39, 0.29) is 5.97 Å². The van der Waals surface area contributed by atoms with Crippen LogP contribution in [-0.2, 0) is 11.3 Å². The SMILES string of the molecule is COC(=O)c1ccc2cc(-c3cccc(CN4CCC(N)C4)c3)cnc2c1. The van der Waals surface area contributed by atoms with Crippen molar-refractivity contribution in [1.29, 1.82) is 0 Å². The Hall–Kier alpha value is -2.76. The number of aromatic nitrogens is 1. The van der Waals surface area contributed by atoms with Crippen LogP contribution in [0.2, 0.25) is 0 Å². The van der Waals surface area contributed by atoms with E-state index < -0.39 is 0 Å². The van der Waals surface area contributed by atoms with Crippen molar-refractivity contribution in [2.75, 3.05) is 20.2 Å². The summed E-state index contributed by atoms with van der Waals surface area (Å²) in [6, 6.07) is 16.4. The van der Waals surface area contributed by atoms with E-state index in [1.165, 1.54) is 12.7 Å². The normalized spacial score (nSPS) is 17.3. The number of pyridine rings is 1. The Morgan fingerprint density at radius 2 is 2.11 bits per heavy atom. The molecule has 0 radical (unpaired) electrons. The fourth-order valence-corrected chi connectivity index (χ4v) is 3.64. The summed E-state index contributed by atoms with van der Waals surface area (Å²) in [5.41, 5.74) is 10.8. The molecule has 0 spiro atoms. The monoisotopic (exact) mass is 361 g/mol. The molecule has 0 aliphatic carbocycles. The molecule has 3 aromatic rings. The van der Waals surface area contributed by atoms with E-state index >= 15 is 0 Å². The summed E-state index contributed by atoms with van der Waals surface area (Å²) < 4.78 is 4.77. The molecular formula is C22H23N3O2. The van der Waals surface area contributed by atoms with Gasteiger partial charge in [-0.15, -0.1) is 0 Å². The Morgan fingerprint density at radius 1 is 1.22 bits per heavy atom. The van der Waals surface area contributed by atoms with Gasteiger partial charge in [0.1, 0.15) is 0 Å². The van der Waals surface area contributed by atoms with Gasteiger partial charge in [-0.05, 0) is 41.8 Å². The van der Waals surface area contributed by atoms with E-state index in [2.05, 4.69) is 40.2 Å². The molecule has 2 aromatic carbocycles. The first kappa shape index (κ1) is 17.6. The lowest BCUT2D eigenvalue weighted by Gasteiger charge is -2.15. The molecule has 1 aliphatic heterocycles. The average Bonchev–Trinajstić information content (AvgIpc) is 3.11. The summed E-state index contributed by atoms with van der Waals surface area (Å²) >= 11 is 0. The van der Waals surface area contributed by atoms with Crippen LogP contribution in [0, 0.1) is 0 Å². The van der Waals surface area contributed by atoms with Gasteiger partial charge in [-0.3, -0.25) is 9.88 Å². The van der Waals surface area contributed by atoms with Crippen molar-refractivity contribution in [3.63, 3.8) is 0 Å². The van der Waals surface area contributed by atoms with Crippen LogP contribution in [0.5, 0.6) is 0 Å². The van der Waals surface area contributed by atoms with Gasteiger partial charge >= 0.3 is 5.97 Å². The zero-order valence-electron chi connectivity index (χ0n) is 15.4. The maximum absolute atomic E-state index is 11.7. The third kappa shape index (κ3) is 3.84. The molecule has 1 aliphatic rings. The smallest absolute Gasteiger partial charge is 0.337 e. The van der Waals surface area contributed by atoms with E-state index in [0.29, 0.717) is 11.6 Å². The number of fused-ring (bicyclic) bond motifs is 1. The highest BCUT2D eigenvalue weighted by Crippen LogP contribution is 2.25. The number of methoxy groups -OCH3 is 1. The fraction of sp³-hybridized carbons (Fsp3) is 0.273. The number of nitrogens with zero attached hydrogens (tertiary/aromatic N) is 2. The molecule has 1 unspecified atom stereocenters. The highest BCUT2D eigenvalue weighted by atomic mass is 16.5. The molecule has 1 aromatic heterocycles. The van der Waals surface area contributed by atoms with Crippen molar-refractivity contribution in [3.8, 4) is 11.1 Å². The molecule has 0 amide bonds. The van der Waals surface area contributed by atoms with Crippen LogP contribution in [-0.4, -0.2) is 42.1 Å². The van der Waals surface area contributed by atoms with Crippen LogP contribution in [0.15, 0.2) is 54.7 Å². The second-order valence-corrected chi connectivity index (χ2v) is 7.11. The molecule has 0 saturated carbocycles. The average molecular weight is 361 g/mol. The van der Waals surface area contributed by atoms with Crippen molar-refractivity contribution >= 4 is 16.9 Å². The molecule has 4 rings (SSSR count). The zero-order valence-corrected chi connectivity index (χ0v) is 15.4. The third-order valence-electron chi connectivity index (χ3n) is 5.08.